The van der Waals surface area contributed by atoms with Crippen molar-refractivity contribution in [3.05, 3.63) is 78.3 Å². The minimum atomic E-state index is 0.0960. The van der Waals surface area contributed by atoms with Crippen molar-refractivity contribution in [1.29, 1.82) is 0 Å². The van der Waals surface area contributed by atoms with Crippen molar-refractivity contribution in [2.75, 3.05) is 13.2 Å². The van der Waals surface area contributed by atoms with E-state index in [0.29, 0.717) is 38.5 Å². The van der Waals surface area contributed by atoms with Crippen LogP contribution in [-0.2, 0) is 29.1 Å². The van der Waals surface area contributed by atoms with Crippen LogP contribution >= 0.6 is 0 Å². The third-order valence-electron chi connectivity index (χ3n) is 4.89. The van der Waals surface area contributed by atoms with Crippen molar-refractivity contribution in [2.45, 2.75) is 32.0 Å². The number of pyridine rings is 1. The molecule has 4 heterocycles. The first-order chi connectivity index (χ1) is 13.3. The average Bonchev–Trinajstić information content (AvgIpc) is 3.37. The Balaban J connectivity index is 1.34. The number of aromatic nitrogens is 2. The number of hydrogen-bond acceptors (Lipinski definition) is 4. The van der Waals surface area contributed by atoms with E-state index in [1.54, 1.807) is 12.5 Å². The fourth-order valence-corrected chi connectivity index (χ4v) is 3.51. The highest BCUT2D eigenvalue weighted by atomic mass is 16.5. The Morgan fingerprint density at radius 1 is 1.26 bits per heavy atom. The van der Waals surface area contributed by atoms with Gasteiger partial charge in [0, 0.05) is 37.4 Å². The fraction of sp³-hybridized carbons (Fsp3) is 0.333. The summed E-state index contributed by atoms with van der Waals surface area (Å²) in [6, 6.07) is 11.9. The van der Waals surface area contributed by atoms with Crippen LogP contribution in [0.4, 0.5) is 0 Å². The van der Waals surface area contributed by atoms with Gasteiger partial charge < -0.3 is 18.6 Å². The van der Waals surface area contributed by atoms with Crippen LogP contribution < -0.4 is 0 Å². The van der Waals surface area contributed by atoms with E-state index in [4.69, 9.17) is 9.15 Å². The second kappa shape index (κ2) is 8.22. The molecule has 6 heteroatoms. The molecule has 6 nitrogen and oxygen atoms in total. The lowest BCUT2D eigenvalue weighted by atomic mass is 10.1. The summed E-state index contributed by atoms with van der Waals surface area (Å²) < 4.78 is 13.4. The zero-order valence-electron chi connectivity index (χ0n) is 15.2. The van der Waals surface area contributed by atoms with Crippen molar-refractivity contribution in [3.8, 4) is 0 Å². The number of nitrogens with zero attached hydrogens (tertiary/aromatic N) is 3. The summed E-state index contributed by atoms with van der Waals surface area (Å²) in [5.74, 6) is 0.802. The van der Waals surface area contributed by atoms with E-state index in [0.717, 1.165) is 17.7 Å². The third-order valence-corrected chi connectivity index (χ3v) is 4.89. The maximum Gasteiger partial charge on any atom is 0.230 e. The number of hydrogen-bond donors (Lipinski definition) is 0. The maximum absolute atomic E-state index is 12.7. The predicted molar refractivity (Wildman–Crippen MR) is 99.8 cm³/mol. The van der Waals surface area contributed by atoms with Gasteiger partial charge in [-0.1, -0.05) is 6.07 Å². The van der Waals surface area contributed by atoms with Crippen LogP contribution in [0.1, 0.15) is 29.5 Å². The van der Waals surface area contributed by atoms with Gasteiger partial charge in [0.05, 0.1) is 31.9 Å². The summed E-state index contributed by atoms with van der Waals surface area (Å²) in [5, 5.41) is 0. The summed E-state index contributed by atoms with van der Waals surface area (Å²) in [4.78, 5) is 18.7. The first-order valence-corrected chi connectivity index (χ1v) is 9.22. The van der Waals surface area contributed by atoms with Gasteiger partial charge in [-0.05, 0) is 42.3 Å². The van der Waals surface area contributed by atoms with Crippen LogP contribution in [0.25, 0.3) is 0 Å². The smallest absolute Gasteiger partial charge is 0.230 e. The highest BCUT2D eigenvalue weighted by Crippen LogP contribution is 2.25. The normalized spacial score (nSPS) is 16.3. The van der Waals surface area contributed by atoms with Crippen molar-refractivity contribution in [2.24, 2.45) is 0 Å². The molecule has 0 saturated heterocycles. The van der Waals surface area contributed by atoms with Crippen LogP contribution in [0, 0.1) is 0 Å². The van der Waals surface area contributed by atoms with Crippen molar-refractivity contribution in [1.82, 2.24) is 14.5 Å². The van der Waals surface area contributed by atoms with Gasteiger partial charge in [-0.2, -0.15) is 0 Å². The molecule has 0 fully saturated rings. The standard InChI is InChI=1S/C21H23N3O3/c25-21(12-20-6-3-10-27-20)23-14-18-5-2-9-24(18)19(15-23)7-11-26-16-17-4-1-8-22-13-17/h1-6,8-10,13,19H,7,11-12,14-16H2. The van der Waals surface area contributed by atoms with Crippen molar-refractivity contribution < 1.29 is 13.9 Å². The van der Waals surface area contributed by atoms with Crippen LogP contribution in [0.5, 0.6) is 0 Å². The van der Waals surface area contributed by atoms with E-state index < -0.39 is 0 Å². The zero-order chi connectivity index (χ0) is 18.5. The van der Waals surface area contributed by atoms with Gasteiger partial charge in [-0.15, -0.1) is 0 Å². The fourth-order valence-electron chi connectivity index (χ4n) is 3.51. The zero-order valence-corrected chi connectivity index (χ0v) is 15.2. The number of furan rings is 1. The van der Waals surface area contributed by atoms with Gasteiger partial charge in [0.15, 0.2) is 0 Å². The Morgan fingerprint density at radius 3 is 3.04 bits per heavy atom. The van der Waals surface area contributed by atoms with Gasteiger partial charge in [0.1, 0.15) is 5.76 Å². The molecule has 3 aromatic rings. The Bertz CT molecular complexity index is 858. The lowest BCUT2D eigenvalue weighted by molar-refractivity contribution is -0.132. The number of ether oxygens (including phenoxy) is 1. The minimum absolute atomic E-state index is 0.0960. The van der Waals surface area contributed by atoms with Crippen molar-refractivity contribution >= 4 is 5.91 Å². The minimum Gasteiger partial charge on any atom is -0.469 e. The Morgan fingerprint density at radius 2 is 2.22 bits per heavy atom. The summed E-state index contributed by atoms with van der Waals surface area (Å²) in [6.45, 7) is 2.52. The molecule has 0 aromatic carbocycles. The van der Waals surface area contributed by atoms with Gasteiger partial charge >= 0.3 is 0 Å². The van der Waals surface area contributed by atoms with Crippen molar-refractivity contribution in [3.63, 3.8) is 0 Å². The number of carbonyl (C=O) groups excluding carboxylic acids is 1. The third kappa shape index (κ3) is 4.28. The molecule has 0 bridgehead atoms. The molecule has 0 aliphatic carbocycles. The van der Waals surface area contributed by atoms with E-state index >= 15 is 0 Å². The van der Waals surface area contributed by atoms with E-state index in [2.05, 4.69) is 21.8 Å². The van der Waals surface area contributed by atoms with Gasteiger partial charge in [-0.3, -0.25) is 9.78 Å². The SMILES string of the molecule is O=C(Cc1ccco1)N1Cc2cccn2C(CCOCc2cccnc2)C1. The Kier molecular flexibility index (Phi) is 5.34. The monoisotopic (exact) mass is 365 g/mol. The van der Waals surface area contributed by atoms with Crippen LogP contribution in [0.3, 0.4) is 0 Å². The molecule has 1 aliphatic heterocycles. The lowest BCUT2D eigenvalue weighted by Crippen LogP contribution is -2.41. The molecular weight excluding hydrogens is 342 g/mol. The van der Waals surface area contributed by atoms with Gasteiger partial charge in [0.2, 0.25) is 5.91 Å². The predicted octanol–water partition coefficient (Wildman–Crippen LogP) is 3.21. The van der Waals surface area contributed by atoms with Gasteiger partial charge in [-0.25, -0.2) is 0 Å². The van der Waals surface area contributed by atoms with Gasteiger partial charge in [0.25, 0.3) is 0 Å². The molecule has 140 valence electrons. The van der Waals surface area contributed by atoms with Crippen LogP contribution in [0.2, 0.25) is 0 Å². The van der Waals surface area contributed by atoms with Crippen LogP contribution in [0.15, 0.2) is 65.7 Å². The second-order valence-corrected chi connectivity index (χ2v) is 6.79. The molecule has 0 saturated carbocycles. The average molecular weight is 365 g/mol. The number of carbonyl (C=O) groups is 1. The highest BCUT2D eigenvalue weighted by molar-refractivity contribution is 5.78. The summed E-state index contributed by atoms with van der Waals surface area (Å²) in [5.41, 5.74) is 2.23. The quantitative estimate of drug-likeness (QED) is 0.603. The number of rotatable bonds is 7. The van der Waals surface area contributed by atoms with E-state index in [1.165, 1.54) is 0 Å². The summed E-state index contributed by atoms with van der Waals surface area (Å²) in [6.07, 6.45) is 8.43. The first-order valence-electron chi connectivity index (χ1n) is 9.22. The maximum atomic E-state index is 12.7. The van der Waals surface area contributed by atoms with E-state index in [-0.39, 0.29) is 11.9 Å². The summed E-state index contributed by atoms with van der Waals surface area (Å²) in [7, 11) is 0. The number of amides is 1. The van der Waals surface area contributed by atoms with E-state index in [1.807, 2.05) is 41.4 Å². The molecule has 4 rings (SSSR count). The Hall–Kier alpha value is -2.86. The molecule has 27 heavy (non-hydrogen) atoms. The lowest BCUT2D eigenvalue weighted by Gasteiger charge is -2.35. The molecule has 1 atom stereocenters. The molecule has 1 amide bonds. The number of fused-ring (bicyclic) bond motifs is 1. The van der Waals surface area contributed by atoms with E-state index in [9.17, 15) is 4.79 Å². The van der Waals surface area contributed by atoms with Crippen LogP contribution in [-0.4, -0.2) is 33.5 Å². The topological polar surface area (TPSA) is 60.5 Å². The molecular formula is C21H23N3O3. The molecule has 0 N–H and O–H groups in total. The molecule has 0 radical (unpaired) electrons. The molecule has 1 aliphatic rings. The molecule has 1 unspecified atom stereocenters. The largest absolute Gasteiger partial charge is 0.469 e. The Labute approximate surface area is 158 Å². The first kappa shape index (κ1) is 17.5. The molecule has 0 spiro atoms. The summed E-state index contributed by atoms with van der Waals surface area (Å²) >= 11 is 0. The molecule has 3 aromatic heterocycles. The highest BCUT2D eigenvalue weighted by Gasteiger charge is 2.27. The second-order valence-electron chi connectivity index (χ2n) is 6.79.